The fourth-order valence-electron chi connectivity index (χ4n) is 3.11. The number of fused-ring (bicyclic) bond motifs is 1. The van der Waals surface area contributed by atoms with Crippen molar-refractivity contribution in [3.05, 3.63) is 45.5 Å². The molecule has 1 saturated heterocycles. The molecule has 2 heterocycles. The van der Waals surface area contributed by atoms with Crippen LogP contribution >= 0.6 is 0 Å². The topological polar surface area (TPSA) is 76.6 Å². The molecular formula is C17H20FN3O3. The van der Waals surface area contributed by atoms with Crippen LogP contribution in [0.3, 0.4) is 0 Å². The lowest BCUT2D eigenvalue weighted by Gasteiger charge is -2.34. The van der Waals surface area contributed by atoms with Crippen molar-refractivity contribution in [1.82, 2.24) is 14.8 Å². The fourth-order valence-corrected chi connectivity index (χ4v) is 3.11. The fraction of sp³-hybridized carbons (Fsp3) is 0.412. The highest BCUT2D eigenvalue weighted by Crippen LogP contribution is 2.16. The second kappa shape index (κ2) is 6.70. The van der Waals surface area contributed by atoms with Gasteiger partial charge in [0.2, 0.25) is 5.43 Å². The first-order chi connectivity index (χ1) is 11.5. The maximum atomic E-state index is 13.6. The van der Waals surface area contributed by atoms with Crippen LogP contribution in [-0.2, 0) is 0 Å². The van der Waals surface area contributed by atoms with E-state index in [0.717, 1.165) is 6.07 Å². The van der Waals surface area contributed by atoms with Crippen LogP contribution in [0.25, 0.3) is 10.9 Å². The number of aliphatic hydroxyl groups excluding tert-OH is 1. The number of β-amino-alcohol motifs (C(OH)–C–C–N with tert-alkyl or cyclic N) is 1. The van der Waals surface area contributed by atoms with Crippen LogP contribution in [0.4, 0.5) is 4.39 Å². The largest absolute Gasteiger partial charge is 0.395 e. The van der Waals surface area contributed by atoms with Gasteiger partial charge < -0.3 is 15.0 Å². The van der Waals surface area contributed by atoms with Gasteiger partial charge in [-0.05, 0) is 24.6 Å². The van der Waals surface area contributed by atoms with Crippen molar-refractivity contribution in [2.75, 3.05) is 39.3 Å². The summed E-state index contributed by atoms with van der Waals surface area (Å²) in [5.41, 5.74) is 0.752. The molecule has 0 saturated carbocycles. The number of nitrogens with zero attached hydrogens (tertiary/aromatic N) is 2. The summed E-state index contributed by atoms with van der Waals surface area (Å²) in [6.07, 6.45) is 1.41. The van der Waals surface area contributed by atoms with E-state index >= 15 is 0 Å². The van der Waals surface area contributed by atoms with Crippen LogP contribution in [0.5, 0.6) is 0 Å². The lowest BCUT2D eigenvalue weighted by molar-refractivity contribution is 0.0613. The number of carbonyl (C=O) groups is 1. The maximum absolute atomic E-state index is 13.6. The van der Waals surface area contributed by atoms with Gasteiger partial charge in [-0.15, -0.1) is 0 Å². The smallest absolute Gasteiger partial charge is 0.259 e. The molecule has 1 aromatic carbocycles. The third-order valence-electron chi connectivity index (χ3n) is 4.46. The van der Waals surface area contributed by atoms with Crippen LogP contribution in [0.1, 0.15) is 15.9 Å². The SMILES string of the molecule is Cc1cc(F)cc2c(=O)c(C(=O)N3CCN(CCO)CC3)c[nH]c12. The maximum Gasteiger partial charge on any atom is 0.259 e. The predicted octanol–water partition coefficient (Wildman–Crippen LogP) is 0.726. The number of hydrogen-bond donors (Lipinski definition) is 2. The molecule has 7 heteroatoms. The molecule has 3 rings (SSSR count). The van der Waals surface area contributed by atoms with Gasteiger partial charge in [-0.1, -0.05) is 0 Å². The van der Waals surface area contributed by atoms with Crippen molar-refractivity contribution < 1.29 is 14.3 Å². The Morgan fingerprint density at radius 2 is 2.00 bits per heavy atom. The molecule has 0 spiro atoms. The Morgan fingerprint density at radius 1 is 1.29 bits per heavy atom. The van der Waals surface area contributed by atoms with Crippen molar-refractivity contribution >= 4 is 16.8 Å². The Labute approximate surface area is 138 Å². The van der Waals surface area contributed by atoms with Gasteiger partial charge in [0, 0.05) is 44.3 Å². The molecule has 1 amide bonds. The third-order valence-corrected chi connectivity index (χ3v) is 4.46. The van der Waals surface area contributed by atoms with Crippen LogP contribution in [0, 0.1) is 12.7 Å². The number of pyridine rings is 1. The van der Waals surface area contributed by atoms with E-state index in [1.165, 1.54) is 12.3 Å². The van der Waals surface area contributed by atoms with E-state index in [9.17, 15) is 14.0 Å². The number of piperazine rings is 1. The summed E-state index contributed by atoms with van der Waals surface area (Å²) in [6, 6.07) is 2.51. The molecule has 6 nitrogen and oxygen atoms in total. The molecule has 0 bridgehead atoms. The monoisotopic (exact) mass is 333 g/mol. The molecule has 0 unspecified atom stereocenters. The van der Waals surface area contributed by atoms with Crippen molar-refractivity contribution in [2.24, 2.45) is 0 Å². The summed E-state index contributed by atoms with van der Waals surface area (Å²) >= 11 is 0. The van der Waals surface area contributed by atoms with Crippen molar-refractivity contribution in [3.63, 3.8) is 0 Å². The number of aryl methyl sites for hydroxylation is 1. The average molecular weight is 333 g/mol. The number of benzene rings is 1. The van der Waals surface area contributed by atoms with Crippen molar-refractivity contribution in [2.45, 2.75) is 6.92 Å². The number of halogens is 1. The predicted molar refractivity (Wildman–Crippen MR) is 88.7 cm³/mol. The number of aromatic amines is 1. The van der Waals surface area contributed by atoms with Gasteiger partial charge in [0.15, 0.2) is 0 Å². The van der Waals surface area contributed by atoms with Gasteiger partial charge in [0.1, 0.15) is 11.4 Å². The number of rotatable bonds is 3. The minimum Gasteiger partial charge on any atom is -0.395 e. The summed E-state index contributed by atoms with van der Waals surface area (Å²) in [6.45, 7) is 4.69. The zero-order chi connectivity index (χ0) is 17.3. The van der Waals surface area contributed by atoms with Gasteiger partial charge in [-0.2, -0.15) is 0 Å². The van der Waals surface area contributed by atoms with Gasteiger partial charge in [-0.25, -0.2) is 4.39 Å². The second-order valence-corrected chi connectivity index (χ2v) is 6.03. The van der Waals surface area contributed by atoms with Crippen LogP contribution in [0.15, 0.2) is 23.1 Å². The summed E-state index contributed by atoms with van der Waals surface area (Å²) in [5, 5.41) is 9.15. The Balaban J connectivity index is 1.89. The highest BCUT2D eigenvalue weighted by atomic mass is 19.1. The first-order valence-electron chi connectivity index (χ1n) is 7.95. The van der Waals surface area contributed by atoms with Gasteiger partial charge in [0.25, 0.3) is 5.91 Å². The van der Waals surface area contributed by atoms with E-state index < -0.39 is 11.2 Å². The Kier molecular flexibility index (Phi) is 4.64. The first-order valence-corrected chi connectivity index (χ1v) is 7.95. The number of aromatic nitrogens is 1. The van der Waals surface area contributed by atoms with E-state index in [0.29, 0.717) is 43.8 Å². The number of hydrogen-bond acceptors (Lipinski definition) is 4. The molecule has 24 heavy (non-hydrogen) atoms. The highest BCUT2D eigenvalue weighted by molar-refractivity contribution is 5.97. The normalized spacial score (nSPS) is 15.9. The van der Waals surface area contributed by atoms with E-state index in [4.69, 9.17) is 5.11 Å². The van der Waals surface area contributed by atoms with Crippen molar-refractivity contribution in [1.29, 1.82) is 0 Å². The number of carbonyl (C=O) groups excluding carboxylic acids is 1. The average Bonchev–Trinajstić information content (AvgIpc) is 2.56. The standard InChI is InChI=1S/C17H20FN3O3/c1-11-8-12(18)9-13-15(11)19-10-14(16(13)23)17(24)21-4-2-20(3-5-21)6-7-22/h8-10,22H,2-7H2,1H3,(H,19,23). The van der Waals surface area contributed by atoms with Crippen LogP contribution in [0.2, 0.25) is 0 Å². The Bertz CT molecular complexity index is 826. The zero-order valence-corrected chi connectivity index (χ0v) is 13.5. The molecule has 128 valence electrons. The summed E-state index contributed by atoms with van der Waals surface area (Å²) in [5.74, 6) is -0.837. The van der Waals surface area contributed by atoms with Gasteiger partial charge in [0.05, 0.1) is 12.1 Å². The van der Waals surface area contributed by atoms with E-state index in [1.54, 1.807) is 11.8 Å². The minimum absolute atomic E-state index is 0.0307. The zero-order valence-electron chi connectivity index (χ0n) is 13.5. The molecule has 2 N–H and O–H groups in total. The minimum atomic E-state index is -0.493. The quantitative estimate of drug-likeness (QED) is 0.868. The summed E-state index contributed by atoms with van der Waals surface area (Å²) in [7, 11) is 0. The van der Waals surface area contributed by atoms with Crippen molar-refractivity contribution in [3.8, 4) is 0 Å². The molecule has 0 atom stereocenters. The number of H-pyrrole nitrogens is 1. The number of nitrogens with one attached hydrogen (secondary N) is 1. The molecule has 1 aromatic heterocycles. The molecular weight excluding hydrogens is 313 g/mol. The molecule has 1 aliphatic heterocycles. The molecule has 1 aliphatic rings. The molecule has 2 aromatic rings. The summed E-state index contributed by atoms with van der Waals surface area (Å²) in [4.78, 5) is 31.9. The first kappa shape index (κ1) is 16.6. The molecule has 1 fully saturated rings. The van der Waals surface area contributed by atoms with E-state index in [-0.39, 0.29) is 23.5 Å². The molecule has 0 radical (unpaired) electrons. The number of amides is 1. The molecule has 0 aliphatic carbocycles. The van der Waals surface area contributed by atoms with Crippen LogP contribution < -0.4 is 5.43 Å². The highest BCUT2D eigenvalue weighted by Gasteiger charge is 2.24. The second-order valence-electron chi connectivity index (χ2n) is 6.03. The number of aliphatic hydroxyl groups is 1. The Morgan fingerprint density at radius 3 is 2.67 bits per heavy atom. The van der Waals surface area contributed by atoms with E-state index in [1.807, 2.05) is 0 Å². The van der Waals surface area contributed by atoms with E-state index in [2.05, 4.69) is 9.88 Å². The lowest BCUT2D eigenvalue weighted by Crippen LogP contribution is -2.50. The van der Waals surface area contributed by atoms with Gasteiger partial charge >= 0.3 is 0 Å². The lowest BCUT2D eigenvalue weighted by atomic mass is 10.1. The van der Waals surface area contributed by atoms with Crippen LogP contribution in [-0.4, -0.2) is 65.1 Å². The third kappa shape index (κ3) is 3.05. The van der Waals surface area contributed by atoms with Gasteiger partial charge in [-0.3, -0.25) is 14.5 Å². The summed E-state index contributed by atoms with van der Waals surface area (Å²) < 4.78 is 13.6. The Hall–Kier alpha value is -2.25.